The highest BCUT2D eigenvalue weighted by Crippen LogP contribution is 2.33. The Bertz CT molecular complexity index is 267. The van der Waals surface area contributed by atoms with Crippen molar-refractivity contribution in [1.29, 1.82) is 0 Å². The van der Waals surface area contributed by atoms with Gasteiger partial charge in [-0.15, -0.1) is 11.3 Å². The molecule has 0 saturated carbocycles. The standard InChI is InChI=1S/C11H17NS/c1-12-8-9-4-2-3-5-11-10(9)6-7-13-11/h6-7,9,12H,2-5,8H2,1H3/t9-/m1/s1. The van der Waals surface area contributed by atoms with E-state index in [2.05, 4.69) is 23.8 Å². The van der Waals surface area contributed by atoms with Gasteiger partial charge in [0.1, 0.15) is 0 Å². The van der Waals surface area contributed by atoms with E-state index in [4.69, 9.17) is 0 Å². The fraction of sp³-hybridized carbons (Fsp3) is 0.636. The fourth-order valence-electron chi connectivity index (χ4n) is 2.21. The highest BCUT2D eigenvalue weighted by atomic mass is 32.1. The van der Waals surface area contributed by atoms with Crippen LogP contribution in [0.4, 0.5) is 0 Å². The second-order valence-corrected chi connectivity index (χ2v) is 4.80. The van der Waals surface area contributed by atoms with Gasteiger partial charge in [-0.3, -0.25) is 0 Å². The zero-order chi connectivity index (χ0) is 9.10. The zero-order valence-electron chi connectivity index (χ0n) is 8.18. The molecular formula is C11H17NS. The molecule has 1 aromatic heterocycles. The quantitative estimate of drug-likeness (QED) is 0.716. The van der Waals surface area contributed by atoms with Crippen molar-refractivity contribution < 1.29 is 0 Å². The summed E-state index contributed by atoms with van der Waals surface area (Å²) in [6, 6.07) is 2.33. The van der Waals surface area contributed by atoms with E-state index >= 15 is 0 Å². The second-order valence-electron chi connectivity index (χ2n) is 3.80. The minimum Gasteiger partial charge on any atom is -0.319 e. The Labute approximate surface area is 84.2 Å². The molecule has 0 fully saturated rings. The molecule has 13 heavy (non-hydrogen) atoms. The number of aryl methyl sites for hydroxylation is 1. The van der Waals surface area contributed by atoms with Gasteiger partial charge < -0.3 is 5.32 Å². The summed E-state index contributed by atoms with van der Waals surface area (Å²) in [6.07, 6.45) is 5.46. The van der Waals surface area contributed by atoms with Crippen LogP contribution in [0.2, 0.25) is 0 Å². The van der Waals surface area contributed by atoms with Gasteiger partial charge in [-0.1, -0.05) is 6.42 Å². The maximum atomic E-state index is 3.30. The molecule has 0 saturated heterocycles. The summed E-state index contributed by atoms with van der Waals surface area (Å²) in [7, 11) is 2.05. The Morgan fingerprint density at radius 2 is 2.46 bits per heavy atom. The monoisotopic (exact) mass is 195 g/mol. The summed E-state index contributed by atoms with van der Waals surface area (Å²) >= 11 is 1.94. The van der Waals surface area contributed by atoms with Crippen molar-refractivity contribution in [1.82, 2.24) is 5.32 Å². The van der Waals surface area contributed by atoms with Gasteiger partial charge in [0.2, 0.25) is 0 Å². The van der Waals surface area contributed by atoms with Crippen LogP contribution < -0.4 is 5.32 Å². The topological polar surface area (TPSA) is 12.0 Å². The summed E-state index contributed by atoms with van der Waals surface area (Å²) in [5.41, 5.74) is 1.62. The average molecular weight is 195 g/mol. The molecule has 0 unspecified atom stereocenters. The maximum absolute atomic E-state index is 3.30. The van der Waals surface area contributed by atoms with Crippen LogP contribution in [0.3, 0.4) is 0 Å². The van der Waals surface area contributed by atoms with Crippen molar-refractivity contribution in [2.24, 2.45) is 0 Å². The van der Waals surface area contributed by atoms with Gasteiger partial charge in [0.05, 0.1) is 0 Å². The number of nitrogens with one attached hydrogen (secondary N) is 1. The van der Waals surface area contributed by atoms with Crippen LogP contribution in [-0.4, -0.2) is 13.6 Å². The molecule has 0 aromatic carbocycles. The second kappa shape index (κ2) is 4.25. The lowest BCUT2D eigenvalue weighted by molar-refractivity contribution is 0.565. The smallest absolute Gasteiger partial charge is 0.00805 e. The number of fused-ring (bicyclic) bond motifs is 1. The van der Waals surface area contributed by atoms with Gasteiger partial charge >= 0.3 is 0 Å². The largest absolute Gasteiger partial charge is 0.319 e. The molecule has 0 spiro atoms. The van der Waals surface area contributed by atoms with Gasteiger partial charge in [-0.05, 0) is 49.2 Å². The molecule has 0 bridgehead atoms. The molecule has 1 heterocycles. The first-order valence-corrected chi connectivity index (χ1v) is 6.00. The minimum atomic E-state index is 0.772. The molecule has 72 valence electrons. The Kier molecular flexibility index (Phi) is 3.01. The van der Waals surface area contributed by atoms with Gasteiger partial charge in [0, 0.05) is 11.4 Å². The Morgan fingerprint density at radius 3 is 3.31 bits per heavy atom. The fourth-order valence-corrected chi connectivity index (χ4v) is 3.22. The predicted octanol–water partition coefficient (Wildman–Crippen LogP) is 2.78. The van der Waals surface area contributed by atoms with Crippen LogP contribution in [0.5, 0.6) is 0 Å². The minimum absolute atomic E-state index is 0.772. The highest BCUT2D eigenvalue weighted by molar-refractivity contribution is 7.10. The van der Waals surface area contributed by atoms with Crippen LogP contribution in [0.25, 0.3) is 0 Å². The molecule has 1 aliphatic carbocycles. The molecule has 1 atom stereocenters. The molecule has 0 aliphatic heterocycles. The van der Waals surface area contributed by atoms with E-state index in [0.29, 0.717) is 0 Å². The van der Waals surface area contributed by atoms with Gasteiger partial charge in [0.15, 0.2) is 0 Å². The maximum Gasteiger partial charge on any atom is 0.00805 e. The molecular weight excluding hydrogens is 178 g/mol. The van der Waals surface area contributed by atoms with E-state index in [1.807, 2.05) is 11.3 Å². The average Bonchev–Trinajstić information content (AvgIpc) is 2.52. The zero-order valence-corrected chi connectivity index (χ0v) is 8.99. The normalized spacial score (nSPS) is 22.4. The number of thiophene rings is 1. The van der Waals surface area contributed by atoms with Gasteiger partial charge in [-0.25, -0.2) is 0 Å². The molecule has 1 N–H and O–H groups in total. The Morgan fingerprint density at radius 1 is 1.54 bits per heavy atom. The lowest BCUT2D eigenvalue weighted by Crippen LogP contribution is -2.16. The first kappa shape index (κ1) is 9.22. The van der Waals surface area contributed by atoms with Crippen molar-refractivity contribution >= 4 is 11.3 Å². The number of hydrogen-bond donors (Lipinski definition) is 1. The van der Waals surface area contributed by atoms with Crippen molar-refractivity contribution in [3.63, 3.8) is 0 Å². The molecule has 1 aliphatic rings. The Hall–Kier alpha value is -0.340. The van der Waals surface area contributed by atoms with Crippen LogP contribution in [-0.2, 0) is 6.42 Å². The van der Waals surface area contributed by atoms with E-state index in [-0.39, 0.29) is 0 Å². The van der Waals surface area contributed by atoms with Crippen LogP contribution in [0.15, 0.2) is 11.4 Å². The predicted molar refractivity (Wildman–Crippen MR) is 58.5 cm³/mol. The van der Waals surface area contributed by atoms with Crippen molar-refractivity contribution in [3.8, 4) is 0 Å². The summed E-state index contributed by atoms with van der Waals surface area (Å²) in [6.45, 7) is 1.14. The number of hydrogen-bond acceptors (Lipinski definition) is 2. The molecule has 0 amide bonds. The molecule has 1 nitrogen and oxygen atoms in total. The van der Waals surface area contributed by atoms with E-state index < -0.39 is 0 Å². The third-order valence-corrected chi connectivity index (χ3v) is 3.87. The first-order chi connectivity index (χ1) is 6.42. The SMILES string of the molecule is CNC[C@H]1CCCCc2sccc21. The van der Waals surface area contributed by atoms with Crippen molar-refractivity contribution in [2.45, 2.75) is 31.6 Å². The third kappa shape index (κ3) is 1.94. The van der Waals surface area contributed by atoms with Crippen molar-refractivity contribution in [3.05, 3.63) is 21.9 Å². The lowest BCUT2D eigenvalue weighted by Gasteiger charge is -2.13. The molecule has 2 heteroatoms. The van der Waals surface area contributed by atoms with E-state index in [1.165, 1.54) is 25.7 Å². The van der Waals surface area contributed by atoms with Gasteiger partial charge in [-0.2, -0.15) is 0 Å². The van der Waals surface area contributed by atoms with Crippen LogP contribution in [0, 0.1) is 0 Å². The van der Waals surface area contributed by atoms with Crippen molar-refractivity contribution in [2.75, 3.05) is 13.6 Å². The summed E-state index contributed by atoms with van der Waals surface area (Å²) in [5, 5.41) is 5.55. The summed E-state index contributed by atoms with van der Waals surface area (Å²) in [5.74, 6) is 0.772. The lowest BCUT2D eigenvalue weighted by atomic mass is 9.97. The first-order valence-electron chi connectivity index (χ1n) is 5.12. The summed E-state index contributed by atoms with van der Waals surface area (Å²) in [4.78, 5) is 1.64. The van der Waals surface area contributed by atoms with E-state index in [1.54, 1.807) is 10.4 Å². The number of rotatable bonds is 2. The highest BCUT2D eigenvalue weighted by Gasteiger charge is 2.18. The molecule has 1 aromatic rings. The third-order valence-electron chi connectivity index (χ3n) is 2.88. The van der Waals surface area contributed by atoms with E-state index in [0.717, 1.165) is 12.5 Å². The molecule has 2 rings (SSSR count). The Balaban J connectivity index is 2.20. The summed E-state index contributed by atoms with van der Waals surface area (Å²) < 4.78 is 0. The molecule has 0 radical (unpaired) electrons. The van der Waals surface area contributed by atoms with Gasteiger partial charge in [0.25, 0.3) is 0 Å². The van der Waals surface area contributed by atoms with Crippen LogP contribution >= 0.6 is 11.3 Å². The van der Waals surface area contributed by atoms with E-state index in [9.17, 15) is 0 Å². The van der Waals surface area contributed by atoms with Crippen LogP contribution in [0.1, 0.15) is 35.6 Å². The number of likely N-dealkylation sites (N-methyl/N-ethyl adjacent to an activating group) is 1.